The number of pyridine rings is 1. The second-order valence-corrected chi connectivity index (χ2v) is 3.98. The molecule has 2 aromatic rings. The van der Waals surface area contributed by atoms with E-state index in [1.807, 2.05) is 23.7 Å². The van der Waals surface area contributed by atoms with Crippen molar-refractivity contribution in [2.45, 2.75) is 13.5 Å². The van der Waals surface area contributed by atoms with E-state index in [0.29, 0.717) is 0 Å². The van der Waals surface area contributed by atoms with E-state index in [1.54, 1.807) is 17.5 Å². The highest BCUT2D eigenvalue weighted by Crippen LogP contribution is 2.09. The third-order valence-electron chi connectivity index (χ3n) is 1.82. The van der Waals surface area contributed by atoms with Gasteiger partial charge in [0, 0.05) is 17.8 Å². The van der Waals surface area contributed by atoms with Crippen LogP contribution < -0.4 is 5.32 Å². The fraction of sp³-hybridized carbons (Fsp3) is 0.200. The monoisotopic (exact) mass is 205 g/mol. The van der Waals surface area contributed by atoms with Crippen molar-refractivity contribution in [3.05, 3.63) is 40.5 Å². The maximum atomic E-state index is 4.20. The molecule has 0 atom stereocenters. The van der Waals surface area contributed by atoms with Gasteiger partial charge < -0.3 is 5.32 Å². The Hall–Kier alpha value is -1.42. The molecule has 2 heterocycles. The Morgan fingerprint density at radius 1 is 1.36 bits per heavy atom. The largest absolute Gasteiger partial charge is 0.364 e. The standard InChI is InChI=1S/C10H11N3S/c1-8-2-3-11-9(6-8)13-7-10-12-4-5-14-10/h2-6H,7H2,1H3,(H,11,13). The highest BCUT2D eigenvalue weighted by atomic mass is 32.1. The van der Waals surface area contributed by atoms with Gasteiger partial charge in [-0.2, -0.15) is 0 Å². The Kier molecular flexibility index (Phi) is 2.74. The van der Waals surface area contributed by atoms with Gasteiger partial charge in [-0.15, -0.1) is 11.3 Å². The first-order chi connectivity index (χ1) is 6.84. The van der Waals surface area contributed by atoms with E-state index in [9.17, 15) is 0 Å². The zero-order valence-electron chi connectivity index (χ0n) is 7.90. The molecule has 1 N–H and O–H groups in total. The van der Waals surface area contributed by atoms with Crippen LogP contribution in [0.4, 0.5) is 5.82 Å². The molecule has 0 saturated carbocycles. The van der Waals surface area contributed by atoms with E-state index in [4.69, 9.17) is 0 Å². The molecule has 72 valence electrons. The maximum Gasteiger partial charge on any atom is 0.126 e. The number of nitrogens with one attached hydrogen (secondary N) is 1. The second-order valence-electron chi connectivity index (χ2n) is 3.00. The highest BCUT2D eigenvalue weighted by molar-refractivity contribution is 7.09. The van der Waals surface area contributed by atoms with Crippen molar-refractivity contribution in [2.75, 3.05) is 5.32 Å². The molecule has 4 heteroatoms. The smallest absolute Gasteiger partial charge is 0.126 e. The number of hydrogen-bond donors (Lipinski definition) is 1. The SMILES string of the molecule is Cc1ccnc(NCc2nccs2)c1. The first-order valence-electron chi connectivity index (χ1n) is 4.39. The Labute approximate surface area is 86.8 Å². The minimum atomic E-state index is 0.744. The average molecular weight is 205 g/mol. The quantitative estimate of drug-likeness (QED) is 0.836. The van der Waals surface area contributed by atoms with Gasteiger partial charge >= 0.3 is 0 Å². The molecule has 2 rings (SSSR count). The molecule has 0 aliphatic rings. The van der Waals surface area contributed by atoms with Gasteiger partial charge in [0.25, 0.3) is 0 Å². The number of anilines is 1. The molecular weight excluding hydrogens is 194 g/mol. The van der Waals surface area contributed by atoms with E-state index in [0.717, 1.165) is 17.4 Å². The summed E-state index contributed by atoms with van der Waals surface area (Å²) in [6.45, 7) is 2.80. The fourth-order valence-electron chi connectivity index (χ4n) is 1.14. The van der Waals surface area contributed by atoms with Gasteiger partial charge in [0.2, 0.25) is 0 Å². The summed E-state index contributed by atoms with van der Waals surface area (Å²) in [6, 6.07) is 4.00. The summed E-state index contributed by atoms with van der Waals surface area (Å²) < 4.78 is 0. The molecule has 0 saturated heterocycles. The summed E-state index contributed by atoms with van der Waals surface area (Å²) in [7, 11) is 0. The molecule has 0 aromatic carbocycles. The molecular formula is C10H11N3S. The van der Waals surface area contributed by atoms with Crippen LogP contribution >= 0.6 is 11.3 Å². The molecule has 0 unspecified atom stereocenters. The van der Waals surface area contributed by atoms with Crippen molar-refractivity contribution in [1.82, 2.24) is 9.97 Å². The summed E-state index contributed by atoms with van der Waals surface area (Å²) in [5, 5.41) is 6.27. The molecule has 0 bridgehead atoms. The van der Waals surface area contributed by atoms with E-state index in [-0.39, 0.29) is 0 Å². The van der Waals surface area contributed by atoms with Gasteiger partial charge in [-0.25, -0.2) is 9.97 Å². The Morgan fingerprint density at radius 3 is 3.00 bits per heavy atom. The summed E-state index contributed by atoms with van der Waals surface area (Å²) in [6.07, 6.45) is 3.62. The van der Waals surface area contributed by atoms with Crippen molar-refractivity contribution < 1.29 is 0 Å². The van der Waals surface area contributed by atoms with Crippen LogP contribution in [-0.4, -0.2) is 9.97 Å². The lowest BCUT2D eigenvalue weighted by atomic mass is 10.3. The van der Waals surface area contributed by atoms with Crippen LogP contribution in [0.1, 0.15) is 10.6 Å². The van der Waals surface area contributed by atoms with Crippen LogP contribution in [-0.2, 0) is 6.54 Å². The van der Waals surface area contributed by atoms with Crippen LogP contribution in [0.15, 0.2) is 29.9 Å². The molecule has 14 heavy (non-hydrogen) atoms. The number of rotatable bonds is 3. The van der Waals surface area contributed by atoms with E-state index in [2.05, 4.69) is 22.2 Å². The summed E-state index contributed by atoms with van der Waals surface area (Å²) >= 11 is 1.64. The Morgan fingerprint density at radius 2 is 2.29 bits per heavy atom. The first kappa shape index (κ1) is 9.15. The van der Waals surface area contributed by atoms with E-state index >= 15 is 0 Å². The number of nitrogens with zero attached hydrogens (tertiary/aromatic N) is 2. The minimum Gasteiger partial charge on any atom is -0.364 e. The maximum absolute atomic E-state index is 4.20. The predicted octanol–water partition coefficient (Wildman–Crippen LogP) is 2.46. The zero-order valence-corrected chi connectivity index (χ0v) is 8.71. The number of aryl methyl sites for hydroxylation is 1. The van der Waals surface area contributed by atoms with Gasteiger partial charge in [-0.3, -0.25) is 0 Å². The van der Waals surface area contributed by atoms with Gasteiger partial charge in [0.1, 0.15) is 10.8 Å². The molecule has 2 aromatic heterocycles. The average Bonchev–Trinajstić information content (AvgIpc) is 2.67. The topological polar surface area (TPSA) is 37.8 Å². The van der Waals surface area contributed by atoms with Crippen LogP contribution in [0.2, 0.25) is 0 Å². The summed E-state index contributed by atoms with van der Waals surface area (Å²) in [5.41, 5.74) is 1.21. The summed E-state index contributed by atoms with van der Waals surface area (Å²) in [5.74, 6) is 0.903. The van der Waals surface area contributed by atoms with Gasteiger partial charge in [-0.1, -0.05) is 0 Å². The lowest BCUT2D eigenvalue weighted by Gasteiger charge is -2.03. The minimum absolute atomic E-state index is 0.744. The Balaban J connectivity index is 1.98. The van der Waals surface area contributed by atoms with Crippen LogP contribution in [0.3, 0.4) is 0 Å². The van der Waals surface area contributed by atoms with Crippen molar-refractivity contribution >= 4 is 17.2 Å². The van der Waals surface area contributed by atoms with Crippen molar-refractivity contribution in [3.8, 4) is 0 Å². The van der Waals surface area contributed by atoms with Crippen molar-refractivity contribution in [1.29, 1.82) is 0 Å². The normalized spacial score (nSPS) is 10.1. The summed E-state index contributed by atoms with van der Waals surface area (Å²) in [4.78, 5) is 8.39. The lowest BCUT2D eigenvalue weighted by Crippen LogP contribution is -2.00. The molecule has 0 radical (unpaired) electrons. The highest BCUT2D eigenvalue weighted by Gasteiger charge is 1.96. The molecule has 3 nitrogen and oxygen atoms in total. The lowest BCUT2D eigenvalue weighted by molar-refractivity contribution is 1.07. The number of hydrogen-bond acceptors (Lipinski definition) is 4. The molecule has 0 amide bonds. The van der Waals surface area contributed by atoms with Crippen LogP contribution in [0, 0.1) is 6.92 Å². The Bertz CT molecular complexity index is 398. The zero-order chi connectivity index (χ0) is 9.80. The molecule has 0 spiro atoms. The third-order valence-corrected chi connectivity index (χ3v) is 2.60. The fourth-order valence-corrected chi connectivity index (χ4v) is 1.70. The molecule has 0 aliphatic carbocycles. The van der Waals surface area contributed by atoms with Crippen molar-refractivity contribution in [3.63, 3.8) is 0 Å². The van der Waals surface area contributed by atoms with Gasteiger partial charge in [-0.05, 0) is 24.6 Å². The van der Waals surface area contributed by atoms with Crippen LogP contribution in [0.5, 0.6) is 0 Å². The third kappa shape index (κ3) is 2.29. The molecule has 0 aliphatic heterocycles. The number of thiazole rings is 1. The second kappa shape index (κ2) is 4.19. The van der Waals surface area contributed by atoms with Crippen LogP contribution in [0.25, 0.3) is 0 Å². The van der Waals surface area contributed by atoms with Gasteiger partial charge in [0.15, 0.2) is 0 Å². The van der Waals surface area contributed by atoms with E-state index < -0.39 is 0 Å². The van der Waals surface area contributed by atoms with Crippen molar-refractivity contribution in [2.24, 2.45) is 0 Å². The van der Waals surface area contributed by atoms with E-state index in [1.165, 1.54) is 5.56 Å². The number of aromatic nitrogens is 2. The van der Waals surface area contributed by atoms with Gasteiger partial charge in [0.05, 0.1) is 6.54 Å². The molecule has 0 fully saturated rings. The predicted molar refractivity (Wildman–Crippen MR) is 58.4 cm³/mol. The first-order valence-corrected chi connectivity index (χ1v) is 5.27.